The molecule has 1 heterocycles. The van der Waals surface area contributed by atoms with Gasteiger partial charge < -0.3 is 15.0 Å². The van der Waals surface area contributed by atoms with Gasteiger partial charge in [-0.05, 0) is 36.7 Å². The number of benzene rings is 1. The van der Waals surface area contributed by atoms with E-state index >= 15 is 0 Å². The van der Waals surface area contributed by atoms with Crippen molar-refractivity contribution in [1.29, 1.82) is 0 Å². The SMILES string of the molecule is C#Cc1cccc(NC(=O)CN(C)C(=O)Nc2snc(C)c2C(=O)OC)c1. The summed E-state index contributed by atoms with van der Waals surface area (Å²) in [5.74, 6) is 1.49. The molecule has 0 saturated carbocycles. The zero-order valence-corrected chi connectivity index (χ0v) is 15.8. The van der Waals surface area contributed by atoms with Gasteiger partial charge in [-0.2, -0.15) is 4.37 Å². The number of hydrogen-bond acceptors (Lipinski definition) is 6. The van der Waals surface area contributed by atoms with E-state index in [9.17, 15) is 14.4 Å². The number of ether oxygens (including phenoxy) is 1. The van der Waals surface area contributed by atoms with Crippen molar-refractivity contribution in [3.05, 3.63) is 41.1 Å². The molecule has 1 aromatic carbocycles. The van der Waals surface area contributed by atoms with E-state index in [-0.39, 0.29) is 17.1 Å². The monoisotopic (exact) mass is 386 g/mol. The molecule has 8 nitrogen and oxygen atoms in total. The molecule has 0 radical (unpaired) electrons. The highest BCUT2D eigenvalue weighted by Crippen LogP contribution is 2.25. The number of amides is 3. The second-order valence-electron chi connectivity index (χ2n) is 5.52. The van der Waals surface area contributed by atoms with Crippen LogP contribution in [0.4, 0.5) is 15.5 Å². The average molecular weight is 386 g/mol. The number of methoxy groups -OCH3 is 1. The highest BCUT2D eigenvalue weighted by Gasteiger charge is 2.22. The van der Waals surface area contributed by atoms with Crippen LogP contribution in [-0.4, -0.2) is 47.9 Å². The van der Waals surface area contributed by atoms with Crippen molar-refractivity contribution in [2.75, 3.05) is 31.3 Å². The van der Waals surface area contributed by atoms with Gasteiger partial charge in [0.05, 0.1) is 12.8 Å². The number of aromatic nitrogens is 1. The summed E-state index contributed by atoms with van der Waals surface area (Å²) in [5.41, 5.74) is 1.82. The van der Waals surface area contributed by atoms with Crippen LogP contribution in [0.2, 0.25) is 0 Å². The lowest BCUT2D eigenvalue weighted by atomic mass is 10.2. The van der Waals surface area contributed by atoms with Crippen LogP contribution in [0.1, 0.15) is 21.6 Å². The van der Waals surface area contributed by atoms with Crippen molar-refractivity contribution in [2.45, 2.75) is 6.92 Å². The van der Waals surface area contributed by atoms with Gasteiger partial charge in [0.1, 0.15) is 17.1 Å². The van der Waals surface area contributed by atoms with E-state index in [4.69, 9.17) is 11.2 Å². The number of carbonyl (C=O) groups is 3. The Bertz CT molecular complexity index is 916. The lowest BCUT2D eigenvalue weighted by Gasteiger charge is -2.17. The summed E-state index contributed by atoms with van der Waals surface area (Å²) in [6, 6.07) is 6.26. The smallest absolute Gasteiger partial charge is 0.342 e. The maximum atomic E-state index is 12.3. The van der Waals surface area contributed by atoms with Crippen LogP contribution in [0, 0.1) is 19.3 Å². The number of urea groups is 1. The van der Waals surface area contributed by atoms with Crippen molar-refractivity contribution in [3.8, 4) is 12.3 Å². The third-order valence-corrected chi connectivity index (χ3v) is 4.37. The van der Waals surface area contributed by atoms with Crippen LogP contribution in [0.3, 0.4) is 0 Å². The number of nitrogens with zero attached hydrogens (tertiary/aromatic N) is 2. The summed E-state index contributed by atoms with van der Waals surface area (Å²) < 4.78 is 8.74. The molecule has 0 spiro atoms. The standard InChI is InChI=1S/C18H18N4O4S/c1-5-12-7-6-8-13(9-12)19-14(23)10-22(3)18(25)20-16-15(17(24)26-4)11(2)21-27-16/h1,6-9H,10H2,2-4H3,(H,19,23)(H,20,25). The van der Waals surface area contributed by atoms with Gasteiger partial charge in [0.2, 0.25) is 5.91 Å². The predicted octanol–water partition coefficient (Wildman–Crippen LogP) is 2.32. The highest BCUT2D eigenvalue weighted by atomic mass is 32.1. The molecule has 1 aromatic heterocycles. The summed E-state index contributed by atoms with van der Waals surface area (Å²) in [6.45, 7) is 1.44. The number of aryl methyl sites for hydroxylation is 1. The molecule has 0 atom stereocenters. The fourth-order valence-corrected chi connectivity index (χ4v) is 2.94. The molecule has 9 heteroatoms. The quantitative estimate of drug-likeness (QED) is 0.607. The predicted molar refractivity (Wildman–Crippen MR) is 103 cm³/mol. The first kappa shape index (κ1) is 19.9. The van der Waals surface area contributed by atoms with Crippen LogP contribution in [-0.2, 0) is 9.53 Å². The lowest BCUT2D eigenvalue weighted by Crippen LogP contribution is -2.37. The minimum absolute atomic E-state index is 0.194. The molecule has 0 saturated heterocycles. The molecule has 27 heavy (non-hydrogen) atoms. The Balaban J connectivity index is 1.98. The van der Waals surface area contributed by atoms with E-state index in [2.05, 4.69) is 20.9 Å². The maximum absolute atomic E-state index is 12.3. The molecule has 0 aliphatic rings. The minimum Gasteiger partial charge on any atom is -0.465 e. The number of nitrogens with one attached hydrogen (secondary N) is 2. The van der Waals surface area contributed by atoms with Crippen LogP contribution >= 0.6 is 11.5 Å². The van der Waals surface area contributed by atoms with E-state index in [0.29, 0.717) is 16.9 Å². The summed E-state index contributed by atoms with van der Waals surface area (Å²) in [7, 11) is 2.70. The first-order valence-corrected chi connectivity index (χ1v) is 8.56. The Labute approximate surface area is 160 Å². The molecule has 0 aliphatic heterocycles. The van der Waals surface area contributed by atoms with Crippen molar-refractivity contribution < 1.29 is 19.1 Å². The van der Waals surface area contributed by atoms with Crippen LogP contribution in [0.25, 0.3) is 0 Å². The van der Waals surface area contributed by atoms with Crippen LogP contribution < -0.4 is 10.6 Å². The fourth-order valence-electron chi connectivity index (χ4n) is 2.16. The van der Waals surface area contributed by atoms with Gasteiger partial charge in [0.15, 0.2) is 0 Å². The fraction of sp³-hybridized carbons (Fsp3) is 0.222. The molecule has 0 aliphatic carbocycles. The second kappa shape index (κ2) is 8.82. The first-order valence-electron chi connectivity index (χ1n) is 7.79. The van der Waals surface area contributed by atoms with Gasteiger partial charge >= 0.3 is 12.0 Å². The summed E-state index contributed by atoms with van der Waals surface area (Å²) in [5, 5.41) is 5.50. The Morgan fingerprint density at radius 3 is 2.74 bits per heavy atom. The van der Waals surface area contributed by atoms with Crippen molar-refractivity contribution in [1.82, 2.24) is 9.27 Å². The number of anilines is 2. The molecule has 3 amide bonds. The van der Waals surface area contributed by atoms with Gasteiger partial charge in [0, 0.05) is 18.3 Å². The van der Waals surface area contributed by atoms with Crippen molar-refractivity contribution in [2.24, 2.45) is 0 Å². The second-order valence-corrected chi connectivity index (χ2v) is 6.30. The molecule has 2 N–H and O–H groups in total. The zero-order chi connectivity index (χ0) is 20.0. The number of carbonyl (C=O) groups excluding carboxylic acids is 3. The van der Waals surface area contributed by atoms with E-state index in [1.807, 2.05) is 0 Å². The van der Waals surface area contributed by atoms with E-state index in [1.54, 1.807) is 31.2 Å². The van der Waals surface area contributed by atoms with Gasteiger partial charge in [-0.25, -0.2) is 9.59 Å². The van der Waals surface area contributed by atoms with E-state index < -0.39 is 17.9 Å². The number of hydrogen-bond donors (Lipinski definition) is 2. The topological polar surface area (TPSA) is 101 Å². The highest BCUT2D eigenvalue weighted by molar-refractivity contribution is 7.11. The number of terminal acetylenes is 1. The van der Waals surface area contributed by atoms with E-state index in [1.165, 1.54) is 19.1 Å². The van der Waals surface area contributed by atoms with Gasteiger partial charge in [0.25, 0.3) is 0 Å². The van der Waals surface area contributed by atoms with Gasteiger partial charge in [-0.1, -0.05) is 12.0 Å². The Hall–Kier alpha value is -3.38. The molecular formula is C18H18N4O4S. The average Bonchev–Trinajstić information content (AvgIpc) is 3.01. The van der Waals surface area contributed by atoms with Crippen molar-refractivity contribution in [3.63, 3.8) is 0 Å². The number of rotatable bonds is 5. The van der Waals surface area contributed by atoms with Gasteiger partial charge in [-0.3, -0.25) is 10.1 Å². The number of likely N-dealkylation sites (N-methyl/N-ethyl adjacent to an activating group) is 1. The Morgan fingerprint density at radius 1 is 1.33 bits per heavy atom. The third kappa shape index (κ3) is 5.05. The lowest BCUT2D eigenvalue weighted by molar-refractivity contribution is -0.116. The molecule has 0 unspecified atom stereocenters. The van der Waals surface area contributed by atoms with E-state index in [0.717, 1.165) is 11.5 Å². The number of esters is 1. The first-order chi connectivity index (χ1) is 12.8. The van der Waals surface area contributed by atoms with Gasteiger partial charge in [-0.15, -0.1) is 6.42 Å². The molecule has 0 fully saturated rings. The summed E-state index contributed by atoms with van der Waals surface area (Å²) in [6.07, 6.45) is 5.33. The molecular weight excluding hydrogens is 368 g/mol. The molecule has 0 bridgehead atoms. The molecule has 140 valence electrons. The summed E-state index contributed by atoms with van der Waals surface area (Å²) >= 11 is 0.962. The third-order valence-electron chi connectivity index (χ3n) is 3.51. The normalized spacial score (nSPS) is 9.85. The van der Waals surface area contributed by atoms with Crippen molar-refractivity contribution >= 4 is 40.1 Å². The Morgan fingerprint density at radius 2 is 2.07 bits per heavy atom. The molecule has 2 aromatic rings. The zero-order valence-electron chi connectivity index (χ0n) is 15.0. The summed E-state index contributed by atoms with van der Waals surface area (Å²) in [4.78, 5) is 37.4. The maximum Gasteiger partial charge on any atom is 0.342 e. The van der Waals surface area contributed by atoms with Crippen LogP contribution in [0.15, 0.2) is 24.3 Å². The molecule has 2 rings (SSSR count). The largest absolute Gasteiger partial charge is 0.465 e. The van der Waals surface area contributed by atoms with Crippen LogP contribution in [0.5, 0.6) is 0 Å². The Kier molecular flexibility index (Phi) is 6.51. The minimum atomic E-state index is -0.592.